The van der Waals surface area contributed by atoms with Crippen molar-refractivity contribution < 1.29 is 9.53 Å². The van der Waals surface area contributed by atoms with E-state index in [-0.39, 0.29) is 12.1 Å². The van der Waals surface area contributed by atoms with Gasteiger partial charge in [0.25, 0.3) is 0 Å². The zero-order chi connectivity index (χ0) is 27.4. The summed E-state index contributed by atoms with van der Waals surface area (Å²) in [6.45, 7) is 6.62. The number of carbonyl (C=O) groups is 1. The lowest BCUT2D eigenvalue weighted by molar-refractivity contribution is -0.0424. The first kappa shape index (κ1) is 26.8. The number of imidazole rings is 1. The van der Waals surface area contributed by atoms with Crippen LogP contribution in [-0.2, 0) is 4.74 Å². The molecule has 6 nitrogen and oxygen atoms in total. The molecular weight excluding hydrogens is 496 g/mol. The number of para-hydroxylation sites is 2. The van der Waals surface area contributed by atoms with Crippen molar-refractivity contribution in [1.82, 2.24) is 19.4 Å². The maximum Gasteiger partial charge on any atom is 0.410 e. The maximum atomic E-state index is 13.3. The van der Waals surface area contributed by atoms with Crippen LogP contribution >= 0.6 is 0 Å². The SMILES string of the molecule is CC(C)(C)OC(=O)N1CCC[C@H]1c1nc2ccccc2n1[C@H]1C[C@H]2CCC[C@@H](C1)N2[C@@H]1C[C@@H]2CCCC[C@@H](C2)C1. The van der Waals surface area contributed by atoms with Gasteiger partial charge in [0.15, 0.2) is 0 Å². The largest absolute Gasteiger partial charge is 0.444 e. The number of carbonyl (C=O) groups excluding carboxylic acids is 1. The molecule has 1 aromatic carbocycles. The number of nitrogens with zero attached hydrogens (tertiary/aromatic N) is 4. The van der Waals surface area contributed by atoms with Gasteiger partial charge in [0.05, 0.1) is 17.1 Å². The summed E-state index contributed by atoms with van der Waals surface area (Å²) in [5, 5.41) is 0. The molecule has 7 rings (SSSR count). The Kier molecular flexibility index (Phi) is 7.13. The highest BCUT2D eigenvalue weighted by Gasteiger charge is 2.46. The van der Waals surface area contributed by atoms with Gasteiger partial charge in [-0.2, -0.15) is 0 Å². The molecule has 4 heterocycles. The number of hydrogen-bond acceptors (Lipinski definition) is 4. The standard InChI is InChI=1S/C34H50N4O2/c1-34(2,3)40-33(39)36-17-9-16-31(36)32-35-29-14-6-7-15-30(29)38(32)28-21-25-12-8-13-26(22-28)37(25)27-19-23-10-4-5-11-24(18-23)20-27/h6-7,14-15,23-28,31H,4-5,8-13,16-22H2,1-3H3/t23-,24+,25-,26+,27-,28+,31-/m0/s1. The number of likely N-dealkylation sites (tertiary alicyclic amines) is 1. The Morgan fingerprint density at radius 1 is 0.800 bits per heavy atom. The normalized spacial score (nSPS) is 35.1. The van der Waals surface area contributed by atoms with Gasteiger partial charge in [0.1, 0.15) is 11.4 Å². The molecule has 3 saturated heterocycles. The molecular formula is C34H50N4O2. The first-order chi connectivity index (χ1) is 19.3. The molecule has 0 unspecified atom stereocenters. The molecule has 5 fully saturated rings. The van der Waals surface area contributed by atoms with Gasteiger partial charge in [-0.3, -0.25) is 9.80 Å². The molecule has 0 N–H and O–H groups in total. The lowest BCUT2D eigenvalue weighted by Gasteiger charge is -2.54. The van der Waals surface area contributed by atoms with Crippen LogP contribution in [0.15, 0.2) is 24.3 Å². The summed E-state index contributed by atoms with van der Waals surface area (Å²) in [5.74, 6) is 3.02. The summed E-state index contributed by atoms with van der Waals surface area (Å²) in [6.07, 6.45) is 18.5. The smallest absolute Gasteiger partial charge is 0.410 e. The second kappa shape index (κ2) is 10.6. The predicted octanol–water partition coefficient (Wildman–Crippen LogP) is 8.03. The summed E-state index contributed by atoms with van der Waals surface area (Å²) >= 11 is 0. The summed E-state index contributed by atoms with van der Waals surface area (Å²) in [4.78, 5) is 23.6. The third-order valence-corrected chi connectivity index (χ3v) is 10.9. The van der Waals surface area contributed by atoms with Crippen molar-refractivity contribution in [1.29, 1.82) is 0 Å². The summed E-state index contributed by atoms with van der Waals surface area (Å²) in [7, 11) is 0. The molecule has 0 radical (unpaired) electrons. The Morgan fingerprint density at radius 2 is 1.50 bits per heavy atom. The van der Waals surface area contributed by atoms with Crippen LogP contribution in [0.25, 0.3) is 11.0 Å². The number of hydrogen-bond donors (Lipinski definition) is 0. The van der Waals surface area contributed by atoms with Gasteiger partial charge >= 0.3 is 6.09 Å². The summed E-state index contributed by atoms with van der Waals surface area (Å²) < 4.78 is 8.45. The van der Waals surface area contributed by atoms with E-state index in [0.29, 0.717) is 18.1 Å². The number of rotatable bonds is 3. The number of piperidine rings is 2. The molecule has 2 aliphatic carbocycles. The van der Waals surface area contributed by atoms with E-state index in [2.05, 4.69) is 33.7 Å². The van der Waals surface area contributed by atoms with Gasteiger partial charge in [0, 0.05) is 30.7 Å². The topological polar surface area (TPSA) is 50.6 Å². The van der Waals surface area contributed by atoms with Crippen LogP contribution in [-0.4, -0.2) is 55.7 Å². The van der Waals surface area contributed by atoms with E-state index in [1.54, 1.807) is 0 Å². The Bertz CT molecular complexity index is 1190. The molecule has 7 atom stereocenters. The fourth-order valence-corrected chi connectivity index (χ4v) is 9.56. The van der Waals surface area contributed by atoms with E-state index >= 15 is 0 Å². The maximum absolute atomic E-state index is 13.3. The second-order valence-electron chi connectivity index (χ2n) is 14.8. The molecule has 40 heavy (non-hydrogen) atoms. The lowest BCUT2D eigenvalue weighted by Crippen LogP contribution is -2.58. The van der Waals surface area contributed by atoms with E-state index in [1.165, 1.54) is 82.6 Å². The minimum atomic E-state index is -0.495. The lowest BCUT2D eigenvalue weighted by atomic mass is 9.73. The van der Waals surface area contributed by atoms with Gasteiger partial charge in [0.2, 0.25) is 0 Å². The van der Waals surface area contributed by atoms with E-state index in [0.717, 1.165) is 48.6 Å². The summed E-state index contributed by atoms with van der Waals surface area (Å²) in [5.41, 5.74) is 1.82. The third-order valence-electron chi connectivity index (χ3n) is 10.9. The van der Waals surface area contributed by atoms with Crippen LogP contribution in [0.2, 0.25) is 0 Å². The Hall–Kier alpha value is -2.08. The molecule has 2 aromatic rings. The van der Waals surface area contributed by atoms with Gasteiger partial charge in [-0.25, -0.2) is 9.78 Å². The minimum absolute atomic E-state index is 0.0124. The first-order valence-electron chi connectivity index (χ1n) is 16.6. The number of fused-ring (bicyclic) bond motifs is 5. The number of ether oxygens (including phenoxy) is 1. The monoisotopic (exact) mass is 546 g/mol. The fraction of sp³-hybridized carbons (Fsp3) is 0.765. The Labute approximate surface area is 240 Å². The predicted molar refractivity (Wildman–Crippen MR) is 159 cm³/mol. The van der Waals surface area contributed by atoms with Crippen LogP contribution < -0.4 is 0 Å². The van der Waals surface area contributed by atoms with Crippen molar-refractivity contribution in [2.75, 3.05) is 6.54 Å². The van der Waals surface area contributed by atoms with Crippen molar-refractivity contribution >= 4 is 17.1 Å². The molecule has 5 aliphatic rings. The van der Waals surface area contributed by atoms with Crippen molar-refractivity contribution in [2.45, 2.75) is 146 Å². The number of amides is 1. The second-order valence-corrected chi connectivity index (χ2v) is 14.8. The van der Waals surface area contributed by atoms with Crippen LogP contribution in [0.5, 0.6) is 0 Å². The average molecular weight is 547 g/mol. The molecule has 2 saturated carbocycles. The average Bonchev–Trinajstić information content (AvgIpc) is 3.50. The van der Waals surface area contributed by atoms with Crippen molar-refractivity contribution in [3.8, 4) is 0 Å². The van der Waals surface area contributed by atoms with E-state index < -0.39 is 5.60 Å². The van der Waals surface area contributed by atoms with Crippen LogP contribution in [0, 0.1) is 11.8 Å². The van der Waals surface area contributed by atoms with Crippen LogP contribution in [0.1, 0.15) is 129 Å². The molecule has 3 aliphatic heterocycles. The van der Waals surface area contributed by atoms with Gasteiger partial charge in [-0.1, -0.05) is 44.2 Å². The van der Waals surface area contributed by atoms with Crippen molar-refractivity contribution in [2.24, 2.45) is 11.8 Å². The number of aromatic nitrogens is 2. The van der Waals surface area contributed by atoms with Gasteiger partial charge in [-0.05, 0) is 103 Å². The molecule has 1 aromatic heterocycles. The minimum Gasteiger partial charge on any atom is -0.444 e. The van der Waals surface area contributed by atoms with E-state index in [9.17, 15) is 4.79 Å². The zero-order valence-electron chi connectivity index (χ0n) is 25.1. The van der Waals surface area contributed by atoms with E-state index in [1.807, 2.05) is 25.7 Å². The summed E-state index contributed by atoms with van der Waals surface area (Å²) in [6, 6.07) is 11.3. The van der Waals surface area contributed by atoms with E-state index in [4.69, 9.17) is 9.72 Å². The Morgan fingerprint density at radius 3 is 2.20 bits per heavy atom. The molecule has 1 amide bonds. The zero-order valence-corrected chi connectivity index (χ0v) is 25.1. The Balaban J connectivity index is 1.19. The fourth-order valence-electron chi connectivity index (χ4n) is 9.56. The molecule has 0 spiro atoms. The highest BCUT2D eigenvalue weighted by Crippen LogP contribution is 2.48. The molecule has 6 heteroatoms. The van der Waals surface area contributed by atoms with Crippen molar-refractivity contribution in [3.05, 3.63) is 30.1 Å². The van der Waals surface area contributed by atoms with Gasteiger partial charge in [-0.15, -0.1) is 0 Å². The first-order valence-corrected chi connectivity index (χ1v) is 16.6. The molecule has 218 valence electrons. The van der Waals surface area contributed by atoms with Crippen molar-refractivity contribution in [3.63, 3.8) is 0 Å². The highest BCUT2D eigenvalue weighted by atomic mass is 16.6. The van der Waals surface area contributed by atoms with Crippen LogP contribution in [0.3, 0.4) is 0 Å². The highest BCUT2D eigenvalue weighted by molar-refractivity contribution is 5.77. The third kappa shape index (κ3) is 5.07. The number of benzene rings is 1. The van der Waals surface area contributed by atoms with Gasteiger partial charge < -0.3 is 9.30 Å². The van der Waals surface area contributed by atoms with Crippen LogP contribution in [0.4, 0.5) is 4.79 Å². The quantitative estimate of drug-likeness (QED) is 0.391. The molecule has 4 bridgehead atoms.